The van der Waals surface area contributed by atoms with Gasteiger partial charge in [0.2, 0.25) is 5.44 Å². The minimum atomic E-state index is -3.96. The molecule has 0 spiro atoms. The molecule has 0 aromatic heterocycles. The van der Waals surface area contributed by atoms with E-state index < -0.39 is 52.3 Å². The van der Waals surface area contributed by atoms with Crippen LogP contribution < -0.4 is 0 Å². The van der Waals surface area contributed by atoms with Crippen molar-refractivity contribution in [2.24, 2.45) is 0 Å². The second-order valence-corrected chi connectivity index (χ2v) is 18.0. The molecule has 0 N–H and O–H groups in total. The first-order valence-corrected chi connectivity index (χ1v) is 20.1. The summed E-state index contributed by atoms with van der Waals surface area (Å²) in [6.45, 7) is 6.24. The highest BCUT2D eigenvalue weighted by Gasteiger charge is 2.47. The number of hydrogen-bond acceptors (Lipinski definition) is 10. The van der Waals surface area contributed by atoms with Crippen molar-refractivity contribution >= 4 is 36.1 Å². The van der Waals surface area contributed by atoms with Crippen molar-refractivity contribution in [1.82, 2.24) is 0 Å². The van der Waals surface area contributed by atoms with Crippen molar-refractivity contribution in [2.45, 2.75) is 146 Å². The lowest BCUT2D eigenvalue weighted by molar-refractivity contribution is 0.00641. The Morgan fingerprint density at radius 1 is 0.744 bits per heavy atom. The minimum absolute atomic E-state index is 0.185. The molecule has 14 heteroatoms. The van der Waals surface area contributed by atoms with Gasteiger partial charge < -0.3 is 4.74 Å². The predicted molar refractivity (Wildman–Crippen MR) is 152 cm³/mol. The van der Waals surface area contributed by atoms with Crippen LogP contribution in [0, 0.1) is 0 Å². The van der Waals surface area contributed by atoms with Crippen LogP contribution in [0.3, 0.4) is 0 Å². The van der Waals surface area contributed by atoms with Crippen LogP contribution >= 0.6 is 15.8 Å². The Morgan fingerprint density at radius 2 is 1.21 bits per heavy atom. The molecular weight excluding hydrogens is 586 g/mol. The van der Waals surface area contributed by atoms with Crippen molar-refractivity contribution in [2.75, 3.05) is 12.3 Å². The smallest absolute Gasteiger partial charge is 0.311 e. The normalized spacial score (nSPS) is 22.2. The molecule has 0 aromatic rings. The fourth-order valence-electron chi connectivity index (χ4n) is 4.77. The Hall–Kier alpha value is -0.0600. The Kier molecular flexibility index (Phi) is 14.9. The zero-order chi connectivity index (χ0) is 29.1. The van der Waals surface area contributed by atoms with Gasteiger partial charge in [-0.05, 0) is 63.4 Å². The summed E-state index contributed by atoms with van der Waals surface area (Å²) in [5, 5.41) is -1.12. The highest BCUT2D eigenvalue weighted by atomic mass is 32.2. The molecular formula is C25H48O10P2S2+2. The molecule has 5 unspecified atom stereocenters. The third-order valence-corrected chi connectivity index (χ3v) is 14.0. The first kappa shape index (κ1) is 35.1. The number of unbranched alkanes of at least 4 members (excludes halogenated alkanes) is 2. The summed E-state index contributed by atoms with van der Waals surface area (Å²) >= 11 is 0. The zero-order valence-electron chi connectivity index (χ0n) is 23.9. The van der Waals surface area contributed by atoms with Crippen molar-refractivity contribution in [3.05, 3.63) is 0 Å². The molecule has 0 radical (unpaired) electrons. The van der Waals surface area contributed by atoms with E-state index in [4.69, 9.17) is 17.6 Å². The van der Waals surface area contributed by atoms with Gasteiger partial charge in [0, 0.05) is 13.3 Å². The fourth-order valence-corrected chi connectivity index (χ4v) is 9.87. The van der Waals surface area contributed by atoms with Gasteiger partial charge in [0.1, 0.15) is 6.16 Å². The molecule has 0 bridgehead atoms. The molecule has 39 heavy (non-hydrogen) atoms. The summed E-state index contributed by atoms with van der Waals surface area (Å²) in [6.07, 6.45) is 10.7. The summed E-state index contributed by atoms with van der Waals surface area (Å²) in [5.74, 6) is 0. The summed E-state index contributed by atoms with van der Waals surface area (Å²) in [5.41, 5.74) is -2.54. The third-order valence-electron chi connectivity index (χ3n) is 7.53. The van der Waals surface area contributed by atoms with Gasteiger partial charge in [0.15, 0.2) is 11.6 Å². The molecule has 0 saturated heterocycles. The van der Waals surface area contributed by atoms with Gasteiger partial charge in [-0.3, -0.25) is 8.37 Å². The van der Waals surface area contributed by atoms with E-state index in [2.05, 4.69) is 0 Å². The van der Waals surface area contributed by atoms with Crippen LogP contribution in [0.4, 0.5) is 0 Å². The molecule has 0 aromatic carbocycles. The monoisotopic (exact) mass is 634 g/mol. The Bertz CT molecular complexity index is 992. The second kappa shape index (κ2) is 16.5. The van der Waals surface area contributed by atoms with Gasteiger partial charge in [-0.25, -0.2) is 0 Å². The number of ether oxygens (including phenoxy) is 1. The lowest BCUT2D eigenvalue weighted by atomic mass is 9.98. The summed E-state index contributed by atoms with van der Waals surface area (Å²) in [4.78, 5) is 0. The van der Waals surface area contributed by atoms with Gasteiger partial charge in [-0.15, -0.1) is 4.52 Å². The van der Waals surface area contributed by atoms with E-state index >= 15 is 0 Å². The topological polar surface area (TPSA) is 139 Å². The SMILES string of the molecule is CCC(C)(OC(C)S(=O)(=O)OC1CCCCC1)[P+](=O)CCCCC[P+](=O)OC(C)S(=O)(=O)OC1CCCCC1. The molecule has 2 aliphatic rings. The van der Waals surface area contributed by atoms with Crippen molar-refractivity contribution in [3.63, 3.8) is 0 Å². The largest absolute Gasteiger partial charge is 0.509 e. The molecule has 2 aliphatic carbocycles. The maximum absolute atomic E-state index is 13.1. The van der Waals surface area contributed by atoms with Crippen molar-refractivity contribution in [1.29, 1.82) is 0 Å². The summed E-state index contributed by atoms with van der Waals surface area (Å²) < 4.78 is 97.3. The van der Waals surface area contributed by atoms with Crippen LogP contribution in [0.15, 0.2) is 0 Å². The molecule has 0 heterocycles. The molecule has 2 saturated carbocycles. The van der Waals surface area contributed by atoms with Crippen LogP contribution in [-0.4, -0.2) is 57.6 Å². The first-order chi connectivity index (χ1) is 18.3. The van der Waals surface area contributed by atoms with Gasteiger partial charge >= 0.3 is 15.8 Å². The Morgan fingerprint density at radius 3 is 1.69 bits per heavy atom. The van der Waals surface area contributed by atoms with E-state index in [-0.39, 0.29) is 18.4 Å². The maximum Gasteiger partial charge on any atom is 0.509 e. The predicted octanol–water partition coefficient (Wildman–Crippen LogP) is 6.94. The van der Waals surface area contributed by atoms with E-state index in [0.29, 0.717) is 57.5 Å². The van der Waals surface area contributed by atoms with Crippen LogP contribution in [0.5, 0.6) is 0 Å². The molecule has 2 fully saturated rings. The lowest BCUT2D eigenvalue weighted by Crippen LogP contribution is -2.36. The van der Waals surface area contributed by atoms with Crippen LogP contribution in [0.1, 0.15) is 118 Å². The van der Waals surface area contributed by atoms with Gasteiger partial charge in [0.05, 0.1) is 12.2 Å². The maximum atomic E-state index is 13.1. The van der Waals surface area contributed by atoms with Gasteiger partial charge in [-0.1, -0.05) is 50.0 Å². The van der Waals surface area contributed by atoms with Crippen LogP contribution in [-0.2, 0) is 47.0 Å². The minimum Gasteiger partial charge on any atom is -0.311 e. The van der Waals surface area contributed by atoms with E-state index in [0.717, 1.165) is 38.5 Å². The highest BCUT2D eigenvalue weighted by molar-refractivity contribution is 7.87. The molecule has 0 aliphatic heterocycles. The molecule has 228 valence electrons. The van der Waals surface area contributed by atoms with E-state index in [1.54, 1.807) is 6.92 Å². The third kappa shape index (κ3) is 12.0. The number of hydrogen-bond donors (Lipinski definition) is 0. The van der Waals surface area contributed by atoms with E-state index in [9.17, 15) is 26.0 Å². The Balaban J connectivity index is 1.71. The average Bonchev–Trinajstić information content (AvgIpc) is 2.88. The highest BCUT2D eigenvalue weighted by Crippen LogP contribution is 2.45. The molecule has 0 amide bonds. The summed E-state index contributed by atoms with van der Waals surface area (Å²) in [6, 6.07) is 0. The standard InChI is InChI=1S/C25H48O10P2S2/c1-5-25(4,32-21(2)38(28,29)34-23-15-9-6-10-16-23)36(26)19-13-8-14-20-37(27)33-22(3)39(30,31)35-24-17-11-7-12-18-24/h21-24H,5-20H2,1-4H3/q+2. The second-order valence-electron chi connectivity index (χ2n) is 10.8. The molecule has 10 nitrogen and oxygen atoms in total. The van der Waals surface area contributed by atoms with Crippen molar-refractivity contribution < 1.29 is 43.6 Å². The first-order valence-electron chi connectivity index (χ1n) is 14.4. The zero-order valence-corrected chi connectivity index (χ0v) is 27.3. The molecule has 5 atom stereocenters. The Labute approximate surface area is 237 Å². The van der Waals surface area contributed by atoms with E-state index in [1.165, 1.54) is 13.8 Å². The van der Waals surface area contributed by atoms with Crippen molar-refractivity contribution in [3.8, 4) is 0 Å². The van der Waals surface area contributed by atoms with Gasteiger partial charge in [0.25, 0.3) is 25.6 Å². The van der Waals surface area contributed by atoms with Crippen LogP contribution in [0.25, 0.3) is 0 Å². The average molecular weight is 635 g/mol. The number of rotatable bonds is 18. The van der Waals surface area contributed by atoms with E-state index in [1.807, 2.05) is 6.92 Å². The fraction of sp³-hybridized carbons (Fsp3) is 1.00. The molecule has 2 rings (SSSR count). The summed E-state index contributed by atoms with van der Waals surface area (Å²) in [7, 11) is -12.0. The lowest BCUT2D eigenvalue weighted by Gasteiger charge is -2.26. The van der Waals surface area contributed by atoms with Crippen LogP contribution in [0.2, 0.25) is 0 Å². The quantitative estimate of drug-likeness (QED) is 0.0885. The van der Waals surface area contributed by atoms with Gasteiger partial charge in [-0.2, -0.15) is 16.8 Å².